The first-order chi connectivity index (χ1) is 17.2. The van der Waals surface area contributed by atoms with Gasteiger partial charge >= 0.3 is 0 Å². The van der Waals surface area contributed by atoms with Gasteiger partial charge in [-0.1, -0.05) is 97.1 Å². The number of nitrogens with zero attached hydrogens (tertiary/aromatic N) is 3. The zero-order valence-corrected chi connectivity index (χ0v) is 19.4. The molecule has 0 saturated heterocycles. The molecule has 166 valence electrons. The molecule has 0 aliphatic heterocycles. The van der Waals surface area contributed by atoms with Crippen molar-refractivity contribution in [3.8, 4) is 44.9 Å². The van der Waals surface area contributed by atoms with Crippen LogP contribution in [0.3, 0.4) is 0 Å². The van der Waals surface area contributed by atoms with Crippen LogP contribution in [0.4, 0.5) is 0 Å². The van der Waals surface area contributed by atoms with E-state index >= 15 is 0 Å². The van der Waals surface area contributed by atoms with E-state index in [1.165, 1.54) is 21.9 Å². The summed E-state index contributed by atoms with van der Waals surface area (Å²) in [7, 11) is 0. The number of hydrogen-bond acceptors (Lipinski definition) is 3. The van der Waals surface area contributed by atoms with Gasteiger partial charge in [-0.2, -0.15) is 0 Å². The van der Waals surface area contributed by atoms with Gasteiger partial charge in [0.1, 0.15) is 0 Å². The zero-order chi connectivity index (χ0) is 23.6. The molecule has 3 heteroatoms. The average Bonchev–Trinajstić information content (AvgIpc) is 2.93. The molecule has 3 nitrogen and oxygen atoms in total. The van der Waals surface area contributed by atoms with Gasteiger partial charge in [0.05, 0.1) is 5.69 Å². The summed E-state index contributed by atoms with van der Waals surface area (Å²) >= 11 is 0. The Morgan fingerprint density at radius 3 is 2.06 bits per heavy atom. The summed E-state index contributed by atoms with van der Waals surface area (Å²) in [6.07, 6.45) is 3.66. The lowest BCUT2D eigenvalue weighted by Gasteiger charge is -2.10. The summed E-state index contributed by atoms with van der Waals surface area (Å²) in [6.45, 7) is 2.02. The van der Waals surface area contributed by atoms with Crippen molar-refractivity contribution >= 4 is 10.8 Å². The van der Waals surface area contributed by atoms with Gasteiger partial charge in [0, 0.05) is 29.2 Å². The molecule has 0 aliphatic carbocycles. The minimum atomic E-state index is 0.732. The van der Waals surface area contributed by atoms with Crippen LogP contribution < -0.4 is 0 Å². The lowest BCUT2D eigenvalue weighted by atomic mass is 9.97. The Kier molecular flexibility index (Phi) is 5.36. The molecule has 0 unspecified atom stereocenters. The third-order valence-electron chi connectivity index (χ3n) is 6.27. The van der Waals surface area contributed by atoms with Crippen molar-refractivity contribution in [2.45, 2.75) is 6.92 Å². The quantitative estimate of drug-likeness (QED) is 0.274. The fourth-order valence-corrected chi connectivity index (χ4v) is 4.49. The van der Waals surface area contributed by atoms with Crippen LogP contribution in [0.2, 0.25) is 0 Å². The van der Waals surface area contributed by atoms with Gasteiger partial charge in [-0.05, 0) is 52.1 Å². The molecule has 2 aromatic heterocycles. The first-order valence-corrected chi connectivity index (χ1v) is 11.7. The maximum absolute atomic E-state index is 4.91. The molecule has 2 heterocycles. The van der Waals surface area contributed by atoms with Crippen LogP contribution in [-0.4, -0.2) is 15.0 Å². The molecule has 0 atom stereocenters. The molecule has 6 rings (SSSR count). The highest BCUT2D eigenvalue weighted by atomic mass is 14.9. The number of aryl methyl sites for hydroxylation is 1. The van der Waals surface area contributed by atoms with Crippen LogP contribution in [0.5, 0.6) is 0 Å². The molecule has 0 N–H and O–H groups in total. The van der Waals surface area contributed by atoms with E-state index in [1.807, 2.05) is 25.3 Å². The van der Waals surface area contributed by atoms with E-state index in [-0.39, 0.29) is 0 Å². The van der Waals surface area contributed by atoms with Crippen molar-refractivity contribution in [1.29, 1.82) is 0 Å². The first-order valence-electron chi connectivity index (χ1n) is 11.7. The van der Waals surface area contributed by atoms with Crippen LogP contribution >= 0.6 is 0 Å². The van der Waals surface area contributed by atoms with Gasteiger partial charge < -0.3 is 0 Å². The maximum Gasteiger partial charge on any atom is 0.160 e. The van der Waals surface area contributed by atoms with Crippen molar-refractivity contribution in [2.75, 3.05) is 0 Å². The molecule has 0 amide bonds. The molecule has 0 aliphatic rings. The van der Waals surface area contributed by atoms with E-state index in [9.17, 15) is 0 Å². The molecule has 35 heavy (non-hydrogen) atoms. The Hall–Kier alpha value is -4.63. The molecular weight excluding hydrogens is 426 g/mol. The molecule has 0 saturated carbocycles. The van der Waals surface area contributed by atoms with E-state index in [0.29, 0.717) is 0 Å². The molecule has 0 fully saturated rings. The van der Waals surface area contributed by atoms with Crippen molar-refractivity contribution in [2.24, 2.45) is 0 Å². The second kappa shape index (κ2) is 8.96. The third-order valence-corrected chi connectivity index (χ3v) is 6.27. The number of aromatic nitrogens is 3. The number of hydrogen-bond donors (Lipinski definition) is 0. The summed E-state index contributed by atoms with van der Waals surface area (Å²) in [5, 5.41) is 2.51. The second-order valence-electron chi connectivity index (χ2n) is 8.64. The highest BCUT2D eigenvalue weighted by molar-refractivity contribution is 5.96. The van der Waals surface area contributed by atoms with Crippen molar-refractivity contribution < 1.29 is 0 Å². The van der Waals surface area contributed by atoms with E-state index in [2.05, 4.69) is 102 Å². The molecule has 0 radical (unpaired) electrons. The molecule has 6 aromatic rings. The maximum atomic E-state index is 4.91. The molecular formula is C32H23N3. The molecule has 4 aromatic carbocycles. The third kappa shape index (κ3) is 4.20. The van der Waals surface area contributed by atoms with Crippen LogP contribution in [0, 0.1) is 6.92 Å². The van der Waals surface area contributed by atoms with Crippen LogP contribution in [0.1, 0.15) is 5.69 Å². The Balaban J connectivity index is 1.33. The van der Waals surface area contributed by atoms with E-state index < -0.39 is 0 Å². The van der Waals surface area contributed by atoms with Crippen LogP contribution in [-0.2, 0) is 0 Å². The lowest BCUT2D eigenvalue weighted by Crippen LogP contribution is -1.95. The summed E-state index contributed by atoms with van der Waals surface area (Å²) in [6, 6.07) is 38.0. The number of fused-ring (bicyclic) bond motifs is 1. The van der Waals surface area contributed by atoms with Crippen molar-refractivity contribution in [1.82, 2.24) is 15.0 Å². The SMILES string of the molecule is Cc1cc(-c2ccc(-c3cccc4ccccc34)cc2)nc(-c2ccc(-c3cccnc3)cc2)n1. The van der Waals surface area contributed by atoms with Gasteiger partial charge in [-0.15, -0.1) is 0 Å². The van der Waals surface area contributed by atoms with Gasteiger partial charge in [-0.25, -0.2) is 9.97 Å². The topological polar surface area (TPSA) is 38.7 Å². The summed E-state index contributed by atoms with van der Waals surface area (Å²) in [4.78, 5) is 13.8. The van der Waals surface area contributed by atoms with Gasteiger partial charge in [0.15, 0.2) is 5.82 Å². The van der Waals surface area contributed by atoms with Crippen LogP contribution in [0.15, 0.2) is 122 Å². The Morgan fingerprint density at radius 1 is 0.543 bits per heavy atom. The predicted molar refractivity (Wildman–Crippen MR) is 144 cm³/mol. The minimum Gasteiger partial charge on any atom is -0.264 e. The minimum absolute atomic E-state index is 0.732. The fourth-order valence-electron chi connectivity index (χ4n) is 4.49. The number of benzene rings is 4. The summed E-state index contributed by atoms with van der Waals surface area (Å²) in [5.74, 6) is 0.732. The monoisotopic (exact) mass is 449 g/mol. The first kappa shape index (κ1) is 20.9. The van der Waals surface area contributed by atoms with E-state index in [4.69, 9.17) is 9.97 Å². The predicted octanol–water partition coefficient (Wildman–Crippen LogP) is 8.00. The number of rotatable bonds is 4. The van der Waals surface area contributed by atoms with Crippen molar-refractivity contribution in [3.05, 3.63) is 127 Å². The largest absolute Gasteiger partial charge is 0.264 e. The summed E-state index contributed by atoms with van der Waals surface area (Å²) < 4.78 is 0. The molecule has 0 spiro atoms. The van der Waals surface area contributed by atoms with Gasteiger partial charge in [0.25, 0.3) is 0 Å². The second-order valence-corrected chi connectivity index (χ2v) is 8.64. The Labute approximate surface area is 204 Å². The average molecular weight is 450 g/mol. The van der Waals surface area contributed by atoms with Gasteiger partial charge in [-0.3, -0.25) is 4.98 Å². The highest BCUT2D eigenvalue weighted by Gasteiger charge is 2.09. The number of pyridine rings is 1. The zero-order valence-electron chi connectivity index (χ0n) is 19.4. The smallest absolute Gasteiger partial charge is 0.160 e. The van der Waals surface area contributed by atoms with E-state index in [0.717, 1.165) is 39.5 Å². The lowest BCUT2D eigenvalue weighted by molar-refractivity contribution is 1.12. The van der Waals surface area contributed by atoms with Crippen molar-refractivity contribution in [3.63, 3.8) is 0 Å². The Morgan fingerprint density at radius 2 is 1.26 bits per heavy atom. The standard InChI is InChI=1S/C32H23N3/c1-22-20-31(35-32(34-22)27-17-11-23(12-18-27)28-8-5-19-33-21-28)26-15-13-25(14-16-26)30-10-4-7-24-6-2-3-9-29(24)30/h2-21H,1H3. The normalized spacial score (nSPS) is 11.0. The van der Waals surface area contributed by atoms with Gasteiger partial charge in [0.2, 0.25) is 0 Å². The van der Waals surface area contributed by atoms with E-state index in [1.54, 1.807) is 6.20 Å². The van der Waals surface area contributed by atoms with Crippen LogP contribution in [0.25, 0.3) is 55.7 Å². The summed E-state index contributed by atoms with van der Waals surface area (Å²) in [5.41, 5.74) is 8.59. The molecule has 0 bridgehead atoms. The Bertz CT molecular complexity index is 1620. The highest BCUT2D eigenvalue weighted by Crippen LogP contribution is 2.31. The fraction of sp³-hybridized carbons (Fsp3) is 0.0312.